The highest BCUT2D eigenvalue weighted by atomic mass is 35.5. The van der Waals surface area contributed by atoms with Crippen LogP contribution in [0.2, 0.25) is 0 Å². The topological polar surface area (TPSA) is 49.9 Å². The number of hydrogen-bond acceptors (Lipinski definition) is 2. The molecule has 0 aliphatic rings. The Labute approximate surface area is 117 Å². The Morgan fingerprint density at radius 1 is 1.26 bits per heavy atom. The molecular formula is C15H16ClNO2. The van der Waals surface area contributed by atoms with Gasteiger partial charge in [-0.1, -0.05) is 26.0 Å². The van der Waals surface area contributed by atoms with Crippen molar-refractivity contribution >= 4 is 34.1 Å². The molecule has 2 aromatic rings. The fraction of sp³-hybridized carbons (Fsp3) is 0.333. The number of H-pyrrole nitrogens is 1. The fourth-order valence-electron chi connectivity index (χ4n) is 2.20. The molecule has 0 spiro atoms. The van der Waals surface area contributed by atoms with Crippen molar-refractivity contribution in [3.8, 4) is 0 Å². The number of rotatable bonds is 5. The van der Waals surface area contributed by atoms with Gasteiger partial charge in [0, 0.05) is 29.1 Å². The highest BCUT2D eigenvalue weighted by Crippen LogP contribution is 2.28. The number of fused-ring (bicyclic) bond motifs is 1. The van der Waals surface area contributed by atoms with Crippen molar-refractivity contribution in [2.75, 3.05) is 5.88 Å². The zero-order chi connectivity index (χ0) is 14.0. The highest BCUT2D eigenvalue weighted by molar-refractivity contribution is 6.28. The van der Waals surface area contributed by atoms with E-state index in [0.717, 1.165) is 10.9 Å². The van der Waals surface area contributed by atoms with Gasteiger partial charge in [-0.15, -0.1) is 11.6 Å². The Morgan fingerprint density at radius 3 is 2.68 bits per heavy atom. The van der Waals surface area contributed by atoms with Gasteiger partial charge in [0.2, 0.25) is 0 Å². The molecule has 3 nitrogen and oxygen atoms in total. The predicted octanol–water partition coefficient (Wildman–Crippen LogP) is 3.57. The summed E-state index contributed by atoms with van der Waals surface area (Å²) in [5, 5.41) is 1.06. The largest absolute Gasteiger partial charge is 0.361 e. The third kappa shape index (κ3) is 2.87. The van der Waals surface area contributed by atoms with Crippen LogP contribution < -0.4 is 0 Å². The maximum Gasteiger partial charge on any atom is 0.168 e. The first-order chi connectivity index (χ1) is 8.94. The molecule has 0 bridgehead atoms. The molecule has 0 radical (unpaired) electrons. The third-order valence-corrected chi connectivity index (χ3v) is 3.52. The molecule has 1 aromatic carbocycles. The first-order valence-electron chi connectivity index (χ1n) is 6.13. The molecule has 0 amide bonds. The molecule has 0 saturated carbocycles. The van der Waals surface area contributed by atoms with Crippen LogP contribution in [-0.4, -0.2) is 22.4 Å². The molecule has 1 N–H and O–H groups in total. The van der Waals surface area contributed by atoms with Gasteiger partial charge in [0.05, 0.1) is 5.88 Å². The van der Waals surface area contributed by atoms with Gasteiger partial charge in [-0.05, 0) is 17.5 Å². The summed E-state index contributed by atoms with van der Waals surface area (Å²) in [6, 6.07) is 7.47. The van der Waals surface area contributed by atoms with Crippen LogP contribution in [0.15, 0.2) is 30.5 Å². The van der Waals surface area contributed by atoms with Crippen LogP contribution in [0.4, 0.5) is 0 Å². The monoisotopic (exact) mass is 277 g/mol. The Bertz CT molecular complexity index is 628. The van der Waals surface area contributed by atoms with E-state index >= 15 is 0 Å². The van der Waals surface area contributed by atoms with Gasteiger partial charge in [-0.25, -0.2) is 0 Å². The lowest BCUT2D eigenvalue weighted by Crippen LogP contribution is -2.28. The number of alkyl halides is 1. The van der Waals surface area contributed by atoms with Crippen molar-refractivity contribution in [3.63, 3.8) is 0 Å². The molecule has 4 heteroatoms. The minimum Gasteiger partial charge on any atom is -0.361 e. The summed E-state index contributed by atoms with van der Waals surface area (Å²) in [6.07, 6.45) is 2.00. The van der Waals surface area contributed by atoms with Crippen LogP contribution in [0.3, 0.4) is 0 Å². The SMILES string of the molecule is CC(C)(CC(=O)CCl)C(=O)c1ccc2cc[nH]c2c1. The Morgan fingerprint density at radius 2 is 2.00 bits per heavy atom. The van der Waals surface area contributed by atoms with Crippen LogP contribution in [-0.2, 0) is 4.79 Å². The molecule has 100 valence electrons. The van der Waals surface area contributed by atoms with Gasteiger partial charge in [-0.2, -0.15) is 0 Å². The lowest BCUT2D eigenvalue weighted by molar-refractivity contribution is -0.118. The molecule has 0 aliphatic carbocycles. The molecule has 0 aliphatic heterocycles. The molecule has 1 heterocycles. The zero-order valence-corrected chi connectivity index (χ0v) is 11.8. The molecule has 0 atom stereocenters. The maximum absolute atomic E-state index is 12.5. The van der Waals surface area contributed by atoms with Crippen LogP contribution in [0, 0.1) is 5.41 Å². The number of aromatic nitrogens is 1. The third-order valence-electron chi connectivity index (χ3n) is 3.22. The number of halogens is 1. The second-order valence-corrected chi connectivity index (χ2v) is 5.61. The summed E-state index contributed by atoms with van der Waals surface area (Å²) in [4.78, 5) is 27.0. The van der Waals surface area contributed by atoms with Crippen molar-refractivity contribution in [2.45, 2.75) is 20.3 Å². The molecular weight excluding hydrogens is 262 g/mol. The van der Waals surface area contributed by atoms with E-state index in [2.05, 4.69) is 4.98 Å². The second-order valence-electron chi connectivity index (χ2n) is 5.34. The molecule has 0 saturated heterocycles. The van der Waals surface area contributed by atoms with Crippen molar-refractivity contribution in [1.82, 2.24) is 4.98 Å². The number of benzene rings is 1. The fourth-order valence-corrected chi connectivity index (χ4v) is 2.29. The number of hydrogen-bond donors (Lipinski definition) is 1. The number of nitrogens with one attached hydrogen (secondary N) is 1. The van der Waals surface area contributed by atoms with E-state index in [4.69, 9.17) is 11.6 Å². The van der Waals surface area contributed by atoms with E-state index in [9.17, 15) is 9.59 Å². The lowest BCUT2D eigenvalue weighted by Gasteiger charge is -2.21. The van der Waals surface area contributed by atoms with E-state index in [-0.39, 0.29) is 23.9 Å². The smallest absolute Gasteiger partial charge is 0.168 e. The van der Waals surface area contributed by atoms with E-state index < -0.39 is 5.41 Å². The number of Topliss-reactive ketones (excluding diaryl/α,β-unsaturated/α-hetero) is 2. The lowest BCUT2D eigenvalue weighted by atomic mass is 9.80. The van der Waals surface area contributed by atoms with Gasteiger partial charge in [0.25, 0.3) is 0 Å². The van der Waals surface area contributed by atoms with E-state index in [1.165, 1.54) is 0 Å². The summed E-state index contributed by atoms with van der Waals surface area (Å²) >= 11 is 5.51. The quantitative estimate of drug-likeness (QED) is 0.671. The summed E-state index contributed by atoms with van der Waals surface area (Å²) in [7, 11) is 0. The van der Waals surface area contributed by atoms with E-state index in [0.29, 0.717) is 5.56 Å². The van der Waals surface area contributed by atoms with Crippen LogP contribution in [0.25, 0.3) is 10.9 Å². The molecule has 0 fully saturated rings. The van der Waals surface area contributed by atoms with Gasteiger partial charge in [0.1, 0.15) is 5.78 Å². The van der Waals surface area contributed by atoms with Crippen molar-refractivity contribution in [3.05, 3.63) is 36.0 Å². The number of aromatic amines is 1. The van der Waals surface area contributed by atoms with Crippen molar-refractivity contribution in [1.29, 1.82) is 0 Å². The average molecular weight is 278 g/mol. The molecule has 1 aromatic heterocycles. The minimum absolute atomic E-state index is 0.0394. The standard InChI is InChI=1S/C15H16ClNO2/c1-15(2,8-12(18)9-16)14(19)11-4-3-10-5-6-17-13(10)7-11/h3-7,17H,8-9H2,1-2H3. The van der Waals surface area contributed by atoms with Gasteiger partial charge >= 0.3 is 0 Å². The van der Waals surface area contributed by atoms with Gasteiger partial charge in [0.15, 0.2) is 5.78 Å². The number of ketones is 2. The summed E-state index contributed by atoms with van der Waals surface area (Å²) in [5.74, 6) is -0.199. The number of carbonyl (C=O) groups is 2. The molecule has 2 rings (SSSR count). The summed E-state index contributed by atoms with van der Waals surface area (Å²) in [5.41, 5.74) is 0.805. The van der Waals surface area contributed by atoms with Crippen LogP contribution in [0.5, 0.6) is 0 Å². The van der Waals surface area contributed by atoms with Crippen LogP contribution >= 0.6 is 11.6 Å². The summed E-state index contributed by atoms with van der Waals surface area (Å²) < 4.78 is 0. The molecule has 0 unspecified atom stereocenters. The Balaban J connectivity index is 2.29. The first-order valence-corrected chi connectivity index (χ1v) is 6.67. The Hall–Kier alpha value is -1.61. The normalized spacial score (nSPS) is 11.7. The first kappa shape index (κ1) is 13.8. The average Bonchev–Trinajstić information content (AvgIpc) is 2.84. The van der Waals surface area contributed by atoms with Gasteiger partial charge < -0.3 is 4.98 Å². The van der Waals surface area contributed by atoms with Crippen molar-refractivity contribution < 1.29 is 9.59 Å². The van der Waals surface area contributed by atoms with Gasteiger partial charge in [-0.3, -0.25) is 9.59 Å². The summed E-state index contributed by atoms with van der Waals surface area (Å²) in [6.45, 7) is 3.55. The maximum atomic E-state index is 12.5. The zero-order valence-electron chi connectivity index (χ0n) is 11.0. The van der Waals surface area contributed by atoms with Crippen molar-refractivity contribution in [2.24, 2.45) is 5.41 Å². The minimum atomic E-state index is -0.730. The second kappa shape index (κ2) is 5.17. The Kier molecular flexibility index (Phi) is 3.76. The predicted molar refractivity (Wildman–Crippen MR) is 76.8 cm³/mol. The number of carbonyl (C=O) groups excluding carboxylic acids is 2. The van der Waals surface area contributed by atoms with Crippen LogP contribution in [0.1, 0.15) is 30.6 Å². The van der Waals surface area contributed by atoms with E-state index in [1.807, 2.05) is 24.4 Å². The van der Waals surface area contributed by atoms with E-state index in [1.54, 1.807) is 19.9 Å². The molecule has 19 heavy (non-hydrogen) atoms. The highest BCUT2D eigenvalue weighted by Gasteiger charge is 2.31.